The van der Waals surface area contributed by atoms with E-state index in [1.807, 2.05) is 50.2 Å². The maximum absolute atomic E-state index is 5.99. The quantitative estimate of drug-likeness (QED) is 0.711. The number of aryl methyl sites for hydroxylation is 2. The standard InChI is InChI=1S/C16H17N3O/c1-10-4-3-5-13(17)16(10)18-9-12-6-7-14-15(8-12)20-11(2)19-14/h3-8,18H,9,17H2,1-2H3. The second-order valence-electron chi connectivity index (χ2n) is 4.93. The van der Waals surface area contributed by atoms with E-state index in [9.17, 15) is 0 Å². The average Bonchev–Trinajstić information content (AvgIpc) is 2.77. The van der Waals surface area contributed by atoms with Crippen molar-refractivity contribution in [1.29, 1.82) is 0 Å². The molecule has 3 N–H and O–H groups in total. The Morgan fingerprint density at radius 1 is 1.20 bits per heavy atom. The second kappa shape index (κ2) is 4.89. The average molecular weight is 267 g/mol. The van der Waals surface area contributed by atoms with E-state index in [0.29, 0.717) is 12.4 Å². The minimum atomic E-state index is 0.688. The summed E-state index contributed by atoms with van der Waals surface area (Å²) in [7, 11) is 0. The predicted molar refractivity (Wildman–Crippen MR) is 81.7 cm³/mol. The molecule has 0 aliphatic heterocycles. The van der Waals surface area contributed by atoms with Crippen molar-refractivity contribution >= 4 is 22.5 Å². The molecule has 1 heterocycles. The summed E-state index contributed by atoms with van der Waals surface area (Å²) in [6.07, 6.45) is 0. The Labute approximate surface area is 117 Å². The van der Waals surface area contributed by atoms with E-state index >= 15 is 0 Å². The van der Waals surface area contributed by atoms with Crippen LogP contribution in [0.15, 0.2) is 40.8 Å². The maximum Gasteiger partial charge on any atom is 0.192 e. The highest BCUT2D eigenvalue weighted by Gasteiger charge is 2.05. The van der Waals surface area contributed by atoms with Gasteiger partial charge in [0, 0.05) is 13.5 Å². The first kappa shape index (κ1) is 12.5. The summed E-state index contributed by atoms with van der Waals surface area (Å²) in [5.74, 6) is 0.688. The molecule has 0 aliphatic rings. The molecule has 0 spiro atoms. The van der Waals surface area contributed by atoms with Crippen LogP contribution in [0.5, 0.6) is 0 Å². The Morgan fingerprint density at radius 3 is 2.85 bits per heavy atom. The number of aromatic nitrogens is 1. The largest absolute Gasteiger partial charge is 0.441 e. The zero-order valence-corrected chi connectivity index (χ0v) is 11.6. The van der Waals surface area contributed by atoms with Crippen LogP contribution in [0.25, 0.3) is 11.1 Å². The Kier molecular flexibility index (Phi) is 3.06. The van der Waals surface area contributed by atoms with Crippen LogP contribution in [0.4, 0.5) is 11.4 Å². The van der Waals surface area contributed by atoms with Crippen LogP contribution in [-0.4, -0.2) is 4.98 Å². The van der Waals surface area contributed by atoms with Crippen molar-refractivity contribution in [2.75, 3.05) is 11.1 Å². The normalized spacial score (nSPS) is 10.9. The highest BCUT2D eigenvalue weighted by molar-refractivity contribution is 5.74. The van der Waals surface area contributed by atoms with Crippen LogP contribution in [0, 0.1) is 13.8 Å². The molecule has 102 valence electrons. The smallest absolute Gasteiger partial charge is 0.192 e. The van der Waals surface area contributed by atoms with Gasteiger partial charge < -0.3 is 15.5 Å². The third-order valence-electron chi connectivity index (χ3n) is 3.33. The monoisotopic (exact) mass is 267 g/mol. The van der Waals surface area contributed by atoms with Gasteiger partial charge in [-0.15, -0.1) is 0 Å². The molecule has 0 radical (unpaired) electrons. The number of benzene rings is 2. The van der Waals surface area contributed by atoms with Gasteiger partial charge in [0.25, 0.3) is 0 Å². The van der Waals surface area contributed by atoms with E-state index in [-0.39, 0.29) is 0 Å². The minimum absolute atomic E-state index is 0.688. The number of oxazole rings is 1. The van der Waals surface area contributed by atoms with Gasteiger partial charge in [-0.1, -0.05) is 18.2 Å². The summed E-state index contributed by atoms with van der Waals surface area (Å²) in [5, 5.41) is 3.38. The maximum atomic E-state index is 5.99. The first-order valence-electron chi connectivity index (χ1n) is 6.58. The van der Waals surface area contributed by atoms with Crippen molar-refractivity contribution in [2.24, 2.45) is 0 Å². The number of hydrogen-bond donors (Lipinski definition) is 2. The van der Waals surface area contributed by atoms with E-state index in [1.165, 1.54) is 0 Å². The van der Waals surface area contributed by atoms with Crippen LogP contribution in [0.3, 0.4) is 0 Å². The fourth-order valence-electron chi connectivity index (χ4n) is 2.32. The lowest BCUT2D eigenvalue weighted by atomic mass is 10.1. The van der Waals surface area contributed by atoms with Crippen molar-refractivity contribution in [3.8, 4) is 0 Å². The third kappa shape index (κ3) is 2.32. The lowest BCUT2D eigenvalue weighted by Crippen LogP contribution is -2.04. The Hall–Kier alpha value is -2.49. The second-order valence-corrected chi connectivity index (χ2v) is 4.93. The molecule has 1 aromatic heterocycles. The fraction of sp³-hybridized carbons (Fsp3) is 0.188. The number of nitrogens with one attached hydrogen (secondary N) is 1. The molecular weight excluding hydrogens is 250 g/mol. The molecule has 3 rings (SSSR count). The predicted octanol–water partition coefficient (Wildman–Crippen LogP) is 3.64. The number of nitrogens with zero attached hydrogens (tertiary/aromatic N) is 1. The molecule has 0 unspecified atom stereocenters. The lowest BCUT2D eigenvalue weighted by molar-refractivity contribution is 0.561. The van der Waals surface area contributed by atoms with Crippen LogP contribution in [-0.2, 0) is 6.54 Å². The van der Waals surface area contributed by atoms with E-state index in [2.05, 4.69) is 10.3 Å². The fourth-order valence-corrected chi connectivity index (χ4v) is 2.32. The summed E-state index contributed by atoms with van der Waals surface area (Å²) in [6, 6.07) is 11.9. The summed E-state index contributed by atoms with van der Waals surface area (Å²) in [6.45, 7) is 4.60. The first-order chi connectivity index (χ1) is 9.63. The van der Waals surface area contributed by atoms with Crippen molar-refractivity contribution < 1.29 is 4.42 Å². The third-order valence-corrected chi connectivity index (χ3v) is 3.33. The van der Waals surface area contributed by atoms with E-state index < -0.39 is 0 Å². The summed E-state index contributed by atoms with van der Waals surface area (Å²) >= 11 is 0. The number of fused-ring (bicyclic) bond motifs is 1. The molecule has 2 aromatic carbocycles. The van der Waals surface area contributed by atoms with E-state index in [1.54, 1.807) is 0 Å². The SMILES string of the molecule is Cc1nc2ccc(CNc3c(C)cccc3N)cc2o1. The zero-order chi connectivity index (χ0) is 14.1. The lowest BCUT2D eigenvalue weighted by Gasteiger charge is -2.12. The molecule has 3 aromatic rings. The van der Waals surface area contributed by atoms with Crippen LogP contribution in [0.1, 0.15) is 17.0 Å². The highest BCUT2D eigenvalue weighted by atomic mass is 16.3. The molecular formula is C16H17N3O. The molecule has 20 heavy (non-hydrogen) atoms. The van der Waals surface area contributed by atoms with Gasteiger partial charge in [0.1, 0.15) is 5.52 Å². The van der Waals surface area contributed by atoms with Crippen molar-refractivity contribution in [3.05, 3.63) is 53.4 Å². The molecule has 0 amide bonds. The topological polar surface area (TPSA) is 64.1 Å². The van der Waals surface area contributed by atoms with Crippen molar-refractivity contribution in [3.63, 3.8) is 0 Å². The molecule has 0 saturated carbocycles. The number of rotatable bonds is 3. The van der Waals surface area contributed by atoms with Crippen LogP contribution >= 0.6 is 0 Å². The molecule has 0 saturated heterocycles. The van der Waals surface area contributed by atoms with E-state index in [0.717, 1.165) is 33.6 Å². The summed E-state index contributed by atoms with van der Waals surface area (Å²) in [5.41, 5.74) is 11.7. The Morgan fingerprint density at radius 2 is 2.05 bits per heavy atom. The zero-order valence-electron chi connectivity index (χ0n) is 11.6. The van der Waals surface area contributed by atoms with Crippen LogP contribution < -0.4 is 11.1 Å². The van der Waals surface area contributed by atoms with Gasteiger partial charge in [-0.25, -0.2) is 4.98 Å². The Bertz CT molecular complexity index is 741. The number of hydrogen-bond acceptors (Lipinski definition) is 4. The first-order valence-corrected chi connectivity index (χ1v) is 6.58. The van der Waals surface area contributed by atoms with Crippen LogP contribution in [0.2, 0.25) is 0 Å². The minimum Gasteiger partial charge on any atom is -0.441 e. The molecule has 0 atom stereocenters. The number of para-hydroxylation sites is 1. The molecule has 0 fully saturated rings. The molecule has 0 bridgehead atoms. The number of anilines is 2. The Balaban J connectivity index is 1.83. The van der Waals surface area contributed by atoms with Gasteiger partial charge in [0.05, 0.1) is 11.4 Å². The highest BCUT2D eigenvalue weighted by Crippen LogP contribution is 2.24. The van der Waals surface area contributed by atoms with Gasteiger partial charge in [0.15, 0.2) is 11.5 Å². The van der Waals surface area contributed by atoms with Gasteiger partial charge in [-0.3, -0.25) is 0 Å². The van der Waals surface area contributed by atoms with Gasteiger partial charge >= 0.3 is 0 Å². The van der Waals surface area contributed by atoms with Gasteiger partial charge in [0.2, 0.25) is 0 Å². The number of nitrogen functional groups attached to an aromatic ring is 1. The van der Waals surface area contributed by atoms with Gasteiger partial charge in [-0.2, -0.15) is 0 Å². The summed E-state index contributed by atoms with van der Waals surface area (Å²) < 4.78 is 5.54. The molecule has 0 aliphatic carbocycles. The van der Waals surface area contributed by atoms with Crippen molar-refractivity contribution in [2.45, 2.75) is 20.4 Å². The molecule has 4 heteroatoms. The summed E-state index contributed by atoms with van der Waals surface area (Å²) in [4.78, 5) is 4.29. The van der Waals surface area contributed by atoms with E-state index in [4.69, 9.17) is 10.2 Å². The van der Waals surface area contributed by atoms with Crippen molar-refractivity contribution in [1.82, 2.24) is 4.98 Å². The van der Waals surface area contributed by atoms with Gasteiger partial charge in [-0.05, 0) is 36.2 Å². The molecule has 4 nitrogen and oxygen atoms in total. The number of nitrogens with two attached hydrogens (primary N) is 1.